The third-order valence-corrected chi connectivity index (χ3v) is 3.36. The molecule has 3 nitrogen and oxygen atoms in total. The van der Waals surface area contributed by atoms with E-state index in [1.54, 1.807) is 0 Å². The second-order valence-corrected chi connectivity index (χ2v) is 4.44. The van der Waals surface area contributed by atoms with Crippen LogP contribution in [0.4, 0.5) is 5.69 Å². The topological polar surface area (TPSA) is 29.9 Å². The Balaban J connectivity index is 2.04. The summed E-state index contributed by atoms with van der Waals surface area (Å²) >= 11 is 0. The van der Waals surface area contributed by atoms with Crippen molar-refractivity contribution in [3.63, 3.8) is 0 Å². The number of nitrogens with one attached hydrogen (secondary N) is 1. The molecule has 2 aromatic rings. The van der Waals surface area contributed by atoms with Crippen molar-refractivity contribution >= 4 is 5.69 Å². The third kappa shape index (κ3) is 1.82. The number of benzene rings is 1. The minimum absolute atomic E-state index is 0.963. The van der Waals surface area contributed by atoms with Crippen molar-refractivity contribution in [3.8, 4) is 11.4 Å². The van der Waals surface area contributed by atoms with Crippen molar-refractivity contribution in [1.82, 2.24) is 9.55 Å². The summed E-state index contributed by atoms with van der Waals surface area (Å²) in [6.07, 6.45) is 6.30. The van der Waals surface area contributed by atoms with Crippen molar-refractivity contribution in [2.75, 3.05) is 11.9 Å². The lowest BCUT2D eigenvalue weighted by atomic mass is 10.0. The molecule has 1 aromatic heterocycles. The molecule has 0 atom stereocenters. The molecule has 1 aliphatic rings. The normalized spacial score (nSPS) is 14.2. The van der Waals surface area contributed by atoms with Gasteiger partial charge in [0.1, 0.15) is 5.82 Å². The highest BCUT2D eigenvalue weighted by Gasteiger charge is 2.11. The Hall–Kier alpha value is -1.77. The first kappa shape index (κ1) is 10.4. The Kier molecular flexibility index (Phi) is 2.59. The SMILES string of the molecule is CCn1ccnc1-c1ccc2c(c1)CCCN2. The standard InChI is InChI=1S/C14H17N3/c1-2-17-9-8-16-14(17)12-5-6-13-11(10-12)4-3-7-15-13/h5-6,8-10,15H,2-4,7H2,1H3. The molecule has 88 valence electrons. The summed E-state index contributed by atoms with van der Waals surface area (Å²) in [4.78, 5) is 4.45. The molecule has 0 unspecified atom stereocenters. The Morgan fingerprint density at radius 3 is 3.24 bits per heavy atom. The number of hydrogen-bond acceptors (Lipinski definition) is 2. The predicted octanol–water partition coefficient (Wildman–Crippen LogP) is 2.93. The maximum absolute atomic E-state index is 4.45. The van der Waals surface area contributed by atoms with Gasteiger partial charge < -0.3 is 9.88 Å². The fourth-order valence-corrected chi connectivity index (χ4v) is 2.44. The van der Waals surface area contributed by atoms with E-state index in [2.05, 4.69) is 40.0 Å². The molecule has 0 saturated carbocycles. The van der Waals surface area contributed by atoms with Gasteiger partial charge in [0.05, 0.1) is 0 Å². The van der Waals surface area contributed by atoms with Crippen LogP contribution in [0.2, 0.25) is 0 Å². The van der Waals surface area contributed by atoms with Crippen LogP contribution in [-0.2, 0) is 13.0 Å². The summed E-state index contributed by atoms with van der Waals surface area (Å²) in [6, 6.07) is 6.61. The van der Waals surface area contributed by atoms with Gasteiger partial charge >= 0.3 is 0 Å². The molecule has 0 fully saturated rings. The number of fused-ring (bicyclic) bond motifs is 1. The van der Waals surface area contributed by atoms with E-state index in [1.807, 2.05) is 12.4 Å². The summed E-state index contributed by atoms with van der Waals surface area (Å²) in [5.41, 5.74) is 3.92. The van der Waals surface area contributed by atoms with Crippen LogP contribution in [0.5, 0.6) is 0 Å². The van der Waals surface area contributed by atoms with E-state index >= 15 is 0 Å². The molecule has 0 saturated heterocycles. The van der Waals surface area contributed by atoms with E-state index in [4.69, 9.17) is 0 Å². The fraction of sp³-hybridized carbons (Fsp3) is 0.357. The summed E-state index contributed by atoms with van der Waals surface area (Å²) in [5.74, 6) is 1.07. The fourth-order valence-electron chi connectivity index (χ4n) is 2.44. The molecule has 0 bridgehead atoms. The molecule has 0 amide bonds. The van der Waals surface area contributed by atoms with Gasteiger partial charge in [0, 0.05) is 36.7 Å². The lowest BCUT2D eigenvalue weighted by molar-refractivity contribution is 0.770. The van der Waals surface area contributed by atoms with Gasteiger partial charge in [-0.1, -0.05) is 0 Å². The second-order valence-electron chi connectivity index (χ2n) is 4.44. The van der Waals surface area contributed by atoms with Gasteiger partial charge in [0.2, 0.25) is 0 Å². The summed E-state index contributed by atoms with van der Waals surface area (Å²) < 4.78 is 2.18. The van der Waals surface area contributed by atoms with Crippen LogP contribution in [0, 0.1) is 0 Å². The Morgan fingerprint density at radius 1 is 1.41 bits per heavy atom. The van der Waals surface area contributed by atoms with Crippen molar-refractivity contribution < 1.29 is 0 Å². The molecule has 1 aliphatic heterocycles. The number of nitrogens with zero attached hydrogens (tertiary/aromatic N) is 2. The highest BCUT2D eigenvalue weighted by atomic mass is 15.1. The number of hydrogen-bond donors (Lipinski definition) is 1. The van der Waals surface area contributed by atoms with Crippen molar-refractivity contribution in [2.45, 2.75) is 26.3 Å². The molecule has 17 heavy (non-hydrogen) atoms. The Morgan fingerprint density at radius 2 is 2.35 bits per heavy atom. The molecule has 1 N–H and O–H groups in total. The Bertz CT molecular complexity index is 528. The highest BCUT2D eigenvalue weighted by molar-refractivity contribution is 5.65. The van der Waals surface area contributed by atoms with Gasteiger partial charge in [-0.3, -0.25) is 0 Å². The van der Waals surface area contributed by atoms with Gasteiger partial charge in [-0.2, -0.15) is 0 Å². The lowest BCUT2D eigenvalue weighted by Crippen LogP contribution is -2.11. The minimum Gasteiger partial charge on any atom is -0.385 e. The number of rotatable bonds is 2. The first-order valence-electron chi connectivity index (χ1n) is 6.27. The number of aromatic nitrogens is 2. The lowest BCUT2D eigenvalue weighted by Gasteiger charge is -2.18. The van der Waals surface area contributed by atoms with Crippen LogP contribution >= 0.6 is 0 Å². The maximum atomic E-state index is 4.45. The van der Waals surface area contributed by atoms with Crippen LogP contribution < -0.4 is 5.32 Å². The highest BCUT2D eigenvalue weighted by Crippen LogP contribution is 2.27. The van der Waals surface area contributed by atoms with E-state index in [0.29, 0.717) is 0 Å². The summed E-state index contributed by atoms with van der Waals surface area (Å²) in [5, 5.41) is 3.44. The van der Waals surface area contributed by atoms with Crippen molar-refractivity contribution in [3.05, 3.63) is 36.2 Å². The zero-order chi connectivity index (χ0) is 11.7. The molecular formula is C14H17N3. The van der Waals surface area contributed by atoms with Gasteiger partial charge in [-0.25, -0.2) is 4.98 Å². The molecule has 0 aliphatic carbocycles. The van der Waals surface area contributed by atoms with Gasteiger partial charge in [0.25, 0.3) is 0 Å². The predicted molar refractivity (Wildman–Crippen MR) is 70.1 cm³/mol. The molecule has 0 radical (unpaired) electrons. The van der Waals surface area contributed by atoms with Gasteiger partial charge in [0.15, 0.2) is 0 Å². The van der Waals surface area contributed by atoms with E-state index in [9.17, 15) is 0 Å². The molecule has 0 spiro atoms. The molecule has 2 heterocycles. The van der Waals surface area contributed by atoms with E-state index in [0.717, 1.165) is 18.9 Å². The third-order valence-electron chi connectivity index (χ3n) is 3.36. The van der Waals surface area contributed by atoms with Crippen LogP contribution in [-0.4, -0.2) is 16.1 Å². The summed E-state index contributed by atoms with van der Waals surface area (Å²) in [6.45, 7) is 4.20. The second kappa shape index (κ2) is 4.24. The average molecular weight is 227 g/mol. The first-order chi connectivity index (χ1) is 8.38. The number of anilines is 1. The van der Waals surface area contributed by atoms with Crippen LogP contribution in [0.25, 0.3) is 11.4 Å². The quantitative estimate of drug-likeness (QED) is 0.855. The van der Waals surface area contributed by atoms with Crippen LogP contribution in [0.15, 0.2) is 30.6 Å². The van der Waals surface area contributed by atoms with Gasteiger partial charge in [-0.05, 0) is 43.5 Å². The van der Waals surface area contributed by atoms with Crippen molar-refractivity contribution in [1.29, 1.82) is 0 Å². The number of imidazole rings is 1. The molecule has 1 aromatic carbocycles. The zero-order valence-corrected chi connectivity index (χ0v) is 10.1. The zero-order valence-electron chi connectivity index (χ0n) is 10.1. The minimum atomic E-state index is 0.963. The smallest absolute Gasteiger partial charge is 0.139 e. The molecule has 3 rings (SSSR count). The maximum Gasteiger partial charge on any atom is 0.139 e. The average Bonchev–Trinajstić information content (AvgIpc) is 2.86. The van der Waals surface area contributed by atoms with Gasteiger partial charge in [-0.15, -0.1) is 0 Å². The van der Waals surface area contributed by atoms with Crippen molar-refractivity contribution in [2.24, 2.45) is 0 Å². The van der Waals surface area contributed by atoms with E-state index < -0.39 is 0 Å². The molecular weight excluding hydrogens is 210 g/mol. The van der Waals surface area contributed by atoms with Crippen LogP contribution in [0.3, 0.4) is 0 Å². The first-order valence-corrected chi connectivity index (χ1v) is 6.27. The largest absolute Gasteiger partial charge is 0.385 e. The number of aryl methyl sites for hydroxylation is 2. The molecule has 3 heteroatoms. The van der Waals surface area contributed by atoms with Crippen LogP contribution in [0.1, 0.15) is 18.9 Å². The van der Waals surface area contributed by atoms with E-state index in [1.165, 1.54) is 29.7 Å². The monoisotopic (exact) mass is 227 g/mol. The Labute approximate surface area is 101 Å². The van der Waals surface area contributed by atoms with E-state index in [-0.39, 0.29) is 0 Å². The summed E-state index contributed by atoms with van der Waals surface area (Å²) in [7, 11) is 0.